The Morgan fingerprint density at radius 3 is 2.70 bits per heavy atom. The van der Waals surface area contributed by atoms with E-state index in [0.717, 1.165) is 23.2 Å². The zero-order valence-corrected chi connectivity index (χ0v) is 16.8. The standard InChI is InChI=1S/C19H17FN6O3S/c1-29-11-4-6-15-12(8-11)18(26-25-15)23-17-13(9-22-19(21)24-17)10-3-5-14(20)16(7-10)30(2,27)28/h3-9H,1-2H3,(H4,21,22,23,24,25,26). The first-order valence-corrected chi connectivity index (χ1v) is 10.6. The molecule has 0 radical (unpaired) electrons. The molecule has 11 heteroatoms. The van der Waals surface area contributed by atoms with Crippen molar-refractivity contribution in [3.05, 3.63) is 48.4 Å². The third-order valence-corrected chi connectivity index (χ3v) is 5.57. The number of ether oxygens (including phenoxy) is 1. The van der Waals surface area contributed by atoms with Crippen LogP contribution in [0.2, 0.25) is 0 Å². The molecule has 0 aliphatic rings. The van der Waals surface area contributed by atoms with Gasteiger partial charge in [0.1, 0.15) is 22.3 Å². The van der Waals surface area contributed by atoms with Crippen molar-refractivity contribution in [2.24, 2.45) is 0 Å². The quantitative estimate of drug-likeness (QED) is 0.441. The van der Waals surface area contributed by atoms with Crippen LogP contribution in [0.3, 0.4) is 0 Å². The number of aromatic nitrogens is 4. The number of sulfone groups is 1. The van der Waals surface area contributed by atoms with Gasteiger partial charge in [0.15, 0.2) is 15.7 Å². The van der Waals surface area contributed by atoms with Gasteiger partial charge in [0.2, 0.25) is 5.95 Å². The zero-order chi connectivity index (χ0) is 21.5. The van der Waals surface area contributed by atoms with Gasteiger partial charge in [-0.1, -0.05) is 6.07 Å². The fraction of sp³-hybridized carbons (Fsp3) is 0.105. The van der Waals surface area contributed by atoms with Gasteiger partial charge in [-0.3, -0.25) is 5.10 Å². The van der Waals surface area contributed by atoms with Crippen molar-refractivity contribution in [3.63, 3.8) is 0 Å². The first-order chi connectivity index (χ1) is 14.3. The lowest BCUT2D eigenvalue weighted by molar-refractivity contribution is 0.415. The summed E-state index contributed by atoms with van der Waals surface area (Å²) in [7, 11) is -2.20. The Kier molecular flexibility index (Phi) is 4.74. The molecular formula is C19H17FN6O3S. The molecular weight excluding hydrogens is 411 g/mol. The number of aromatic amines is 1. The average Bonchev–Trinajstić information content (AvgIpc) is 3.10. The van der Waals surface area contributed by atoms with E-state index in [1.54, 1.807) is 19.2 Å². The van der Waals surface area contributed by atoms with Gasteiger partial charge in [0.25, 0.3) is 0 Å². The third kappa shape index (κ3) is 3.62. The topological polar surface area (TPSA) is 136 Å². The monoisotopic (exact) mass is 428 g/mol. The van der Waals surface area contributed by atoms with E-state index < -0.39 is 20.5 Å². The van der Waals surface area contributed by atoms with E-state index in [9.17, 15) is 12.8 Å². The maximum atomic E-state index is 14.0. The number of anilines is 3. The number of nitrogens with one attached hydrogen (secondary N) is 2. The van der Waals surface area contributed by atoms with Crippen LogP contribution in [0.4, 0.5) is 22.0 Å². The van der Waals surface area contributed by atoms with Gasteiger partial charge in [0, 0.05) is 23.4 Å². The van der Waals surface area contributed by atoms with Gasteiger partial charge in [-0.05, 0) is 35.9 Å². The Bertz CT molecular complexity index is 1370. The molecule has 4 aromatic rings. The molecule has 0 spiro atoms. The number of hydrogen-bond donors (Lipinski definition) is 3. The van der Waals surface area contributed by atoms with Crippen molar-refractivity contribution < 1.29 is 17.5 Å². The molecule has 0 amide bonds. The molecule has 0 saturated carbocycles. The molecule has 0 unspecified atom stereocenters. The van der Waals surface area contributed by atoms with E-state index in [4.69, 9.17) is 10.5 Å². The summed E-state index contributed by atoms with van der Waals surface area (Å²) < 4.78 is 43.1. The van der Waals surface area contributed by atoms with E-state index in [0.29, 0.717) is 22.7 Å². The van der Waals surface area contributed by atoms with Gasteiger partial charge < -0.3 is 15.8 Å². The molecule has 4 rings (SSSR count). The highest BCUT2D eigenvalue weighted by Gasteiger charge is 2.18. The summed E-state index contributed by atoms with van der Waals surface area (Å²) in [5.41, 5.74) is 7.34. The molecule has 2 aromatic carbocycles. The van der Waals surface area contributed by atoms with Crippen molar-refractivity contribution >= 4 is 38.3 Å². The molecule has 0 atom stereocenters. The van der Waals surface area contributed by atoms with Crippen LogP contribution in [0.15, 0.2) is 47.5 Å². The number of benzene rings is 2. The number of nitrogen functional groups attached to an aromatic ring is 1. The average molecular weight is 428 g/mol. The van der Waals surface area contributed by atoms with Crippen molar-refractivity contribution in [1.29, 1.82) is 0 Å². The van der Waals surface area contributed by atoms with Crippen molar-refractivity contribution in [2.45, 2.75) is 4.90 Å². The predicted octanol–water partition coefficient (Wildman–Crippen LogP) is 2.90. The van der Waals surface area contributed by atoms with Crippen LogP contribution in [0.25, 0.3) is 22.0 Å². The van der Waals surface area contributed by atoms with Gasteiger partial charge in [-0.25, -0.2) is 17.8 Å². The minimum absolute atomic E-state index is 0.00381. The van der Waals surface area contributed by atoms with Gasteiger partial charge >= 0.3 is 0 Å². The summed E-state index contributed by atoms with van der Waals surface area (Å²) in [4.78, 5) is 7.78. The number of halogens is 1. The highest BCUT2D eigenvalue weighted by Crippen LogP contribution is 2.33. The number of fused-ring (bicyclic) bond motifs is 1. The molecule has 2 aromatic heterocycles. The number of methoxy groups -OCH3 is 1. The van der Waals surface area contributed by atoms with Crippen molar-refractivity contribution in [1.82, 2.24) is 20.2 Å². The smallest absolute Gasteiger partial charge is 0.221 e. The Morgan fingerprint density at radius 2 is 1.97 bits per heavy atom. The molecule has 4 N–H and O–H groups in total. The Hall–Kier alpha value is -3.73. The van der Waals surface area contributed by atoms with E-state index >= 15 is 0 Å². The van der Waals surface area contributed by atoms with Crippen LogP contribution in [-0.2, 0) is 9.84 Å². The van der Waals surface area contributed by atoms with Gasteiger partial charge in [-0.2, -0.15) is 10.1 Å². The summed E-state index contributed by atoms with van der Waals surface area (Å²) in [6, 6.07) is 9.17. The zero-order valence-electron chi connectivity index (χ0n) is 16.0. The molecule has 0 aliphatic carbocycles. The fourth-order valence-corrected chi connectivity index (χ4v) is 3.75. The van der Waals surface area contributed by atoms with Crippen molar-refractivity contribution in [3.8, 4) is 16.9 Å². The molecule has 0 fully saturated rings. The van der Waals surface area contributed by atoms with Crippen LogP contribution >= 0.6 is 0 Å². The second kappa shape index (κ2) is 7.26. The van der Waals surface area contributed by atoms with Crippen LogP contribution in [0.1, 0.15) is 0 Å². The predicted molar refractivity (Wildman–Crippen MR) is 111 cm³/mol. The van der Waals surface area contributed by atoms with Gasteiger partial charge in [0.05, 0.1) is 12.6 Å². The fourth-order valence-electron chi connectivity index (χ4n) is 2.98. The Morgan fingerprint density at radius 1 is 1.17 bits per heavy atom. The Balaban J connectivity index is 1.83. The van der Waals surface area contributed by atoms with E-state index in [1.807, 2.05) is 6.07 Å². The largest absolute Gasteiger partial charge is 0.497 e. The molecule has 0 saturated heterocycles. The van der Waals surface area contributed by atoms with E-state index in [-0.39, 0.29) is 11.8 Å². The third-order valence-electron chi connectivity index (χ3n) is 4.46. The van der Waals surface area contributed by atoms with E-state index in [1.165, 1.54) is 18.3 Å². The lowest BCUT2D eigenvalue weighted by Gasteiger charge is -2.11. The second-order valence-electron chi connectivity index (χ2n) is 6.52. The summed E-state index contributed by atoms with van der Waals surface area (Å²) >= 11 is 0. The molecule has 2 heterocycles. The summed E-state index contributed by atoms with van der Waals surface area (Å²) in [5.74, 6) is 0.547. The van der Waals surface area contributed by atoms with Crippen LogP contribution in [-0.4, -0.2) is 41.9 Å². The SMILES string of the molecule is COc1ccc2[nH]nc(Nc3nc(N)ncc3-c3ccc(F)c(S(C)(=O)=O)c3)c2c1. The Labute approximate surface area is 171 Å². The molecule has 154 valence electrons. The van der Waals surface area contributed by atoms with Crippen LogP contribution in [0, 0.1) is 5.82 Å². The normalized spacial score (nSPS) is 11.6. The first kappa shape index (κ1) is 19.6. The molecule has 30 heavy (non-hydrogen) atoms. The minimum atomic E-state index is -3.76. The second-order valence-corrected chi connectivity index (χ2v) is 8.50. The summed E-state index contributed by atoms with van der Waals surface area (Å²) in [6.07, 6.45) is 2.37. The summed E-state index contributed by atoms with van der Waals surface area (Å²) in [6.45, 7) is 0. The maximum absolute atomic E-state index is 14.0. The number of rotatable bonds is 5. The molecule has 9 nitrogen and oxygen atoms in total. The maximum Gasteiger partial charge on any atom is 0.221 e. The lowest BCUT2D eigenvalue weighted by Crippen LogP contribution is -2.04. The van der Waals surface area contributed by atoms with Crippen molar-refractivity contribution in [2.75, 3.05) is 24.4 Å². The molecule has 0 bridgehead atoms. The first-order valence-electron chi connectivity index (χ1n) is 8.68. The van der Waals surface area contributed by atoms with Crippen LogP contribution < -0.4 is 15.8 Å². The number of H-pyrrole nitrogens is 1. The highest BCUT2D eigenvalue weighted by atomic mass is 32.2. The van der Waals surface area contributed by atoms with Gasteiger partial charge in [-0.15, -0.1) is 0 Å². The number of nitrogens with two attached hydrogens (primary N) is 1. The molecule has 0 aliphatic heterocycles. The van der Waals surface area contributed by atoms with Crippen LogP contribution in [0.5, 0.6) is 5.75 Å². The minimum Gasteiger partial charge on any atom is -0.497 e. The number of nitrogens with zero attached hydrogens (tertiary/aromatic N) is 3. The lowest BCUT2D eigenvalue weighted by atomic mass is 10.1. The summed E-state index contributed by atoms with van der Waals surface area (Å²) in [5, 5.41) is 11.0. The van der Waals surface area contributed by atoms with E-state index in [2.05, 4.69) is 25.5 Å². The highest BCUT2D eigenvalue weighted by molar-refractivity contribution is 7.90. The number of hydrogen-bond acceptors (Lipinski definition) is 8.